The smallest absolute Gasteiger partial charge is 0.306 e. The predicted molar refractivity (Wildman–Crippen MR) is 303 cm³/mol. The molecular weight excluding hydrogens is 865 g/mol. The number of carbonyl (C=O) groups excluding carboxylic acids is 3. The molecule has 0 saturated carbocycles. The first-order chi connectivity index (χ1) is 34.4. The third kappa shape index (κ3) is 55.7. The molecule has 70 heavy (non-hydrogen) atoms. The minimum absolute atomic E-state index is 0.0611. The fraction of sp³-hybridized carbons (Fsp3) is 0.953. The van der Waals surface area contributed by atoms with Crippen molar-refractivity contribution >= 4 is 17.9 Å². The molecule has 0 amide bonds. The molecule has 0 heterocycles. The summed E-state index contributed by atoms with van der Waals surface area (Å²) in [7, 11) is 0. The van der Waals surface area contributed by atoms with E-state index in [9.17, 15) is 14.4 Å². The summed E-state index contributed by atoms with van der Waals surface area (Å²) in [6.45, 7) is 9.13. The van der Waals surface area contributed by atoms with Crippen LogP contribution in [-0.2, 0) is 28.6 Å². The van der Waals surface area contributed by atoms with Crippen LogP contribution < -0.4 is 0 Å². The van der Waals surface area contributed by atoms with Gasteiger partial charge >= 0.3 is 17.9 Å². The topological polar surface area (TPSA) is 78.9 Å². The van der Waals surface area contributed by atoms with Gasteiger partial charge in [-0.25, -0.2) is 0 Å². The minimum atomic E-state index is -0.762. The molecular formula is C64H124O6. The van der Waals surface area contributed by atoms with Crippen molar-refractivity contribution in [1.82, 2.24) is 0 Å². The van der Waals surface area contributed by atoms with Crippen molar-refractivity contribution in [2.75, 3.05) is 13.2 Å². The van der Waals surface area contributed by atoms with Gasteiger partial charge in [-0.3, -0.25) is 14.4 Å². The maximum Gasteiger partial charge on any atom is 0.306 e. The molecule has 0 radical (unpaired) electrons. The van der Waals surface area contributed by atoms with Crippen LogP contribution in [-0.4, -0.2) is 37.2 Å². The molecule has 416 valence electrons. The molecule has 0 bridgehead atoms. The molecule has 0 aromatic carbocycles. The summed E-state index contributed by atoms with van der Waals surface area (Å²) < 4.78 is 16.9. The summed E-state index contributed by atoms with van der Waals surface area (Å²) in [4.78, 5) is 38.3. The quantitative estimate of drug-likeness (QED) is 0.0343. The highest BCUT2D eigenvalue weighted by Crippen LogP contribution is 2.19. The van der Waals surface area contributed by atoms with Crippen LogP contribution >= 0.6 is 0 Å². The summed E-state index contributed by atoms with van der Waals surface area (Å²) in [5, 5.41) is 0. The molecule has 0 N–H and O–H groups in total. The third-order valence-corrected chi connectivity index (χ3v) is 15.2. The highest BCUT2D eigenvalue weighted by molar-refractivity contribution is 5.71. The summed E-state index contributed by atoms with van der Waals surface area (Å²) >= 11 is 0. The van der Waals surface area contributed by atoms with Crippen LogP contribution in [0.2, 0.25) is 0 Å². The molecule has 0 aromatic heterocycles. The molecule has 0 fully saturated rings. The van der Waals surface area contributed by atoms with Gasteiger partial charge in [-0.1, -0.05) is 329 Å². The molecule has 2 atom stereocenters. The van der Waals surface area contributed by atoms with E-state index in [1.54, 1.807) is 0 Å². The van der Waals surface area contributed by atoms with Crippen LogP contribution in [0.4, 0.5) is 0 Å². The Labute approximate surface area is 438 Å². The van der Waals surface area contributed by atoms with E-state index in [1.807, 2.05) is 0 Å². The zero-order valence-corrected chi connectivity index (χ0v) is 48.0. The van der Waals surface area contributed by atoms with E-state index in [0.29, 0.717) is 19.3 Å². The number of rotatable bonds is 59. The van der Waals surface area contributed by atoms with E-state index in [2.05, 4.69) is 27.7 Å². The number of ether oxygens (including phenoxy) is 3. The number of hydrogen-bond acceptors (Lipinski definition) is 6. The van der Waals surface area contributed by atoms with Crippen molar-refractivity contribution in [3.8, 4) is 0 Å². The second-order valence-corrected chi connectivity index (χ2v) is 22.3. The lowest BCUT2D eigenvalue weighted by Crippen LogP contribution is -2.30. The summed E-state index contributed by atoms with van der Waals surface area (Å²) in [5.74, 6) is 0.0825. The molecule has 0 aliphatic heterocycles. The van der Waals surface area contributed by atoms with Gasteiger partial charge in [0.15, 0.2) is 6.10 Å². The van der Waals surface area contributed by atoms with E-state index in [0.717, 1.165) is 63.7 Å². The second kappa shape index (κ2) is 58.3. The maximum atomic E-state index is 12.9. The standard InChI is InChI=1S/C64H124O6/c1-5-8-10-12-14-16-18-20-26-31-35-39-43-47-51-55-62(65)68-58-61(70-64(67)57-53-49-45-41-37-33-27-21-19-17-15-13-11-9-6-2)59-69-63(66)56-52-48-44-40-36-32-29-25-23-22-24-28-30-34-38-42-46-50-54-60(4)7-3/h60-61H,5-59H2,1-4H3/t60?,61-/m1/s1. The van der Waals surface area contributed by atoms with Gasteiger partial charge in [-0.2, -0.15) is 0 Å². The monoisotopic (exact) mass is 989 g/mol. The lowest BCUT2D eigenvalue weighted by molar-refractivity contribution is -0.167. The van der Waals surface area contributed by atoms with Crippen molar-refractivity contribution in [2.24, 2.45) is 5.92 Å². The lowest BCUT2D eigenvalue weighted by Gasteiger charge is -2.18. The summed E-state index contributed by atoms with van der Waals surface area (Å²) in [6, 6.07) is 0. The number of carbonyl (C=O) groups is 3. The predicted octanol–water partition coefficient (Wildman–Crippen LogP) is 21.4. The molecule has 6 heteroatoms. The van der Waals surface area contributed by atoms with Gasteiger partial charge < -0.3 is 14.2 Å². The van der Waals surface area contributed by atoms with Crippen molar-refractivity contribution in [3.05, 3.63) is 0 Å². The van der Waals surface area contributed by atoms with E-state index in [-0.39, 0.29) is 31.1 Å². The summed E-state index contributed by atoms with van der Waals surface area (Å²) in [5.41, 5.74) is 0. The molecule has 6 nitrogen and oxygen atoms in total. The van der Waals surface area contributed by atoms with Crippen LogP contribution in [0.3, 0.4) is 0 Å². The number of hydrogen-bond donors (Lipinski definition) is 0. The molecule has 0 rings (SSSR count). The van der Waals surface area contributed by atoms with E-state index in [1.165, 1.54) is 263 Å². The van der Waals surface area contributed by atoms with Crippen molar-refractivity contribution in [3.63, 3.8) is 0 Å². The van der Waals surface area contributed by atoms with Crippen molar-refractivity contribution < 1.29 is 28.6 Å². The van der Waals surface area contributed by atoms with Gasteiger partial charge in [-0.15, -0.1) is 0 Å². The Hall–Kier alpha value is -1.59. The first kappa shape index (κ1) is 68.4. The van der Waals surface area contributed by atoms with Crippen molar-refractivity contribution in [2.45, 2.75) is 374 Å². The highest BCUT2D eigenvalue weighted by Gasteiger charge is 2.19. The van der Waals surface area contributed by atoms with Gasteiger partial charge in [0.1, 0.15) is 13.2 Å². The fourth-order valence-electron chi connectivity index (χ4n) is 9.95. The van der Waals surface area contributed by atoms with Crippen LogP contribution in [0.25, 0.3) is 0 Å². The zero-order valence-electron chi connectivity index (χ0n) is 48.0. The molecule has 0 spiro atoms. The van der Waals surface area contributed by atoms with Gasteiger partial charge in [0.25, 0.3) is 0 Å². The van der Waals surface area contributed by atoms with Crippen LogP contribution in [0.15, 0.2) is 0 Å². The number of unbranched alkanes of at least 4 members (excludes halogenated alkanes) is 45. The Morgan fingerprint density at radius 1 is 0.286 bits per heavy atom. The average molecular weight is 990 g/mol. The average Bonchev–Trinajstić information content (AvgIpc) is 3.36. The second-order valence-electron chi connectivity index (χ2n) is 22.3. The lowest BCUT2D eigenvalue weighted by atomic mass is 9.99. The first-order valence-corrected chi connectivity index (χ1v) is 31.9. The van der Waals surface area contributed by atoms with E-state index in [4.69, 9.17) is 14.2 Å². The highest BCUT2D eigenvalue weighted by atomic mass is 16.6. The molecule has 0 aliphatic carbocycles. The molecule has 0 aromatic rings. The van der Waals surface area contributed by atoms with Crippen LogP contribution in [0, 0.1) is 5.92 Å². The number of esters is 3. The fourth-order valence-corrected chi connectivity index (χ4v) is 9.95. The Kier molecular flexibility index (Phi) is 57.0. The Morgan fingerprint density at radius 2 is 0.500 bits per heavy atom. The van der Waals surface area contributed by atoms with Crippen molar-refractivity contribution in [1.29, 1.82) is 0 Å². The Balaban J connectivity index is 4.24. The first-order valence-electron chi connectivity index (χ1n) is 31.9. The SMILES string of the molecule is CCCCCCCCCCCCCCCCCC(=O)OC[C@H](COC(=O)CCCCCCCCCCCCCCCCCCCCC(C)CC)OC(=O)CCCCCCCCCCCCCCCCC. The summed E-state index contributed by atoms with van der Waals surface area (Å²) in [6.07, 6.45) is 65.2. The molecule has 0 saturated heterocycles. The van der Waals surface area contributed by atoms with Crippen LogP contribution in [0.1, 0.15) is 368 Å². The Bertz CT molecular complexity index is 1060. The zero-order chi connectivity index (χ0) is 50.9. The van der Waals surface area contributed by atoms with Gasteiger partial charge in [0.2, 0.25) is 0 Å². The normalized spacial score (nSPS) is 12.3. The molecule has 0 aliphatic rings. The molecule has 1 unspecified atom stereocenters. The van der Waals surface area contributed by atoms with Gasteiger partial charge in [0, 0.05) is 19.3 Å². The van der Waals surface area contributed by atoms with Crippen LogP contribution in [0.5, 0.6) is 0 Å². The third-order valence-electron chi connectivity index (χ3n) is 15.2. The van der Waals surface area contributed by atoms with Gasteiger partial charge in [0.05, 0.1) is 0 Å². The van der Waals surface area contributed by atoms with E-state index < -0.39 is 6.10 Å². The Morgan fingerprint density at radius 3 is 0.743 bits per heavy atom. The minimum Gasteiger partial charge on any atom is -0.462 e. The van der Waals surface area contributed by atoms with Gasteiger partial charge in [-0.05, 0) is 25.2 Å². The maximum absolute atomic E-state index is 12.9. The largest absolute Gasteiger partial charge is 0.462 e. The van der Waals surface area contributed by atoms with E-state index >= 15 is 0 Å².